The molecule has 0 N–H and O–H groups in total. The van der Waals surface area contributed by atoms with Crippen LogP contribution in [0.1, 0.15) is 20.8 Å². The van der Waals surface area contributed by atoms with Crippen LogP contribution in [-0.2, 0) is 0 Å². The molecule has 1 aliphatic rings. The molecule has 0 aromatic heterocycles. The summed E-state index contributed by atoms with van der Waals surface area (Å²) >= 11 is 0. The van der Waals surface area contributed by atoms with Crippen molar-refractivity contribution in [3.05, 3.63) is 30.3 Å². The fourth-order valence-corrected chi connectivity index (χ4v) is 2.53. The average Bonchev–Trinajstić information content (AvgIpc) is 2.59. The summed E-state index contributed by atoms with van der Waals surface area (Å²) in [6.45, 7) is 10.3. The van der Waals surface area contributed by atoms with Crippen molar-refractivity contribution in [3.8, 4) is 5.75 Å². The van der Waals surface area contributed by atoms with Gasteiger partial charge >= 0.3 is 0 Å². The second kappa shape index (κ2) is 5.54. The monoisotopic (exact) mass is 233 g/mol. The fraction of sp³-hybridized carbons (Fsp3) is 0.600. The number of hydrogen-bond donors (Lipinski definition) is 0. The highest BCUT2D eigenvalue weighted by molar-refractivity contribution is 5.21. The van der Waals surface area contributed by atoms with E-state index in [0.717, 1.165) is 24.1 Å². The Morgan fingerprint density at radius 2 is 1.76 bits per heavy atom. The number of benzene rings is 1. The highest BCUT2D eigenvalue weighted by Crippen LogP contribution is 2.22. The van der Waals surface area contributed by atoms with Crippen molar-refractivity contribution in [2.75, 3.05) is 19.6 Å². The van der Waals surface area contributed by atoms with Gasteiger partial charge in [0.25, 0.3) is 0 Å². The average molecular weight is 233 g/mol. The number of ether oxygens (including phenoxy) is 1. The van der Waals surface area contributed by atoms with Gasteiger partial charge in [-0.3, -0.25) is 4.90 Å². The molecule has 1 saturated heterocycles. The molecule has 1 fully saturated rings. The lowest BCUT2D eigenvalue weighted by Gasteiger charge is -2.21. The summed E-state index contributed by atoms with van der Waals surface area (Å²) in [7, 11) is 0. The van der Waals surface area contributed by atoms with Crippen LogP contribution in [0.15, 0.2) is 30.3 Å². The molecule has 1 aliphatic heterocycles. The molecule has 1 aromatic rings. The lowest BCUT2D eigenvalue weighted by Crippen LogP contribution is -2.32. The Hall–Kier alpha value is -1.02. The molecule has 2 nitrogen and oxygen atoms in total. The summed E-state index contributed by atoms with van der Waals surface area (Å²) < 4.78 is 5.91. The number of rotatable bonds is 4. The summed E-state index contributed by atoms with van der Waals surface area (Å²) in [4.78, 5) is 2.52. The smallest absolute Gasteiger partial charge is 0.119 e. The van der Waals surface area contributed by atoms with E-state index in [2.05, 4.69) is 25.7 Å². The van der Waals surface area contributed by atoms with Crippen molar-refractivity contribution in [2.24, 2.45) is 11.8 Å². The number of para-hydroxylation sites is 1. The Bertz CT molecular complexity index is 328. The number of nitrogens with zero attached hydrogens (tertiary/aromatic N) is 1. The summed E-state index contributed by atoms with van der Waals surface area (Å²) in [6, 6.07) is 10.1. The minimum Gasteiger partial charge on any atom is -0.489 e. The molecule has 0 amide bonds. The van der Waals surface area contributed by atoms with Crippen LogP contribution in [0.5, 0.6) is 5.75 Å². The number of likely N-dealkylation sites (tertiary alicyclic amines) is 1. The molecule has 3 atom stereocenters. The SMILES string of the molecule is C[C@H](CN1C[C@@H](C)[C@@H](C)C1)Oc1ccccc1. The third-order valence-corrected chi connectivity index (χ3v) is 3.66. The van der Waals surface area contributed by atoms with Crippen molar-refractivity contribution in [1.29, 1.82) is 0 Å². The molecule has 17 heavy (non-hydrogen) atoms. The fourth-order valence-electron chi connectivity index (χ4n) is 2.53. The van der Waals surface area contributed by atoms with E-state index in [1.165, 1.54) is 13.1 Å². The van der Waals surface area contributed by atoms with E-state index < -0.39 is 0 Å². The van der Waals surface area contributed by atoms with Gasteiger partial charge in [-0.1, -0.05) is 32.0 Å². The molecule has 0 spiro atoms. The molecule has 0 aliphatic carbocycles. The van der Waals surface area contributed by atoms with E-state index in [0.29, 0.717) is 0 Å². The van der Waals surface area contributed by atoms with Gasteiger partial charge in [0.05, 0.1) is 0 Å². The third-order valence-electron chi connectivity index (χ3n) is 3.66. The molecular formula is C15H23NO. The number of hydrogen-bond acceptors (Lipinski definition) is 2. The Labute approximate surface area is 105 Å². The zero-order valence-corrected chi connectivity index (χ0v) is 11.1. The van der Waals surface area contributed by atoms with Crippen LogP contribution in [0.2, 0.25) is 0 Å². The minimum atomic E-state index is 0.259. The summed E-state index contributed by atoms with van der Waals surface area (Å²) in [5.74, 6) is 2.61. The molecule has 0 bridgehead atoms. The molecule has 0 radical (unpaired) electrons. The Balaban J connectivity index is 1.80. The minimum absolute atomic E-state index is 0.259. The van der Waals surface area contributed by atoms with Crippen molar-refractivity contribution in [1.82, 2.24) is 4.90 Å². The first-order chi connectivity index (χ1) is 8.15. The van der Waals surface area contributed by atoms with Gasteiger partial charge in [-0.25, -0.2) is 0 Å². The van der Waals surface area contributed by atoms with Crippen LogP contribution in [0.4, 0.5) is 0 Å². The molecule has 1 aromatic carbocycles. The predicted octanol–water partition coefficient (Wildman–Crippen LogP) is 3.04. The quantitative estimate of drug-likeness (QED) is 0.792. The molecule has 94 valence electrons. The van der Waals surface area contributed by atoms with Crippen LogP contribution in [-0.4, -0.2) is 30.6 Å². The Kier molecular flexibility index (Phi) is 4.06. The summed E-state index contributed by atoms with van der Waals surface area (Å²) in [5, 5.41) is 0. The van der Waals surface area contributed by atoms with Crippen molar-refractivity contribution in [2.45, 2.75) is 26.9 Å². The second-order valence-corrected chi connectivity index (χ2v) is 5.41. The van der Waals surface area contributed by atoms with Crippen molar-refractivity contribution >= 4 is 0 Å². The van der Waals surface area contributed by atoms with Crippen LogP contribution in [0.25, 0.3) is 0 Å². The summed E-state index contributed by atoms with van der Waals surface area (Å²) in [6.07, 6.45) is 0.259. The molecule has 0 unspecified atom stereocenters. The molecule has 2 heteroatoms. The van der Waals surface area contributed by atoms with Crippen LogP contribution in [0.3, 0.4) is 0 Å². The highest BCUT2D eigenvalue weighted by Gasteiger charge is 2.26. The van der Waals surface area contributed by atoms with Gasteiger partial charge in [-0.05, 0) is 30.9 Å². The first-order valence-corrected chi connectivity index (χ1v) is 6.59. The van der Waals surface area contributed by atoms with Gasteiger partial charge < -0.3 is 4.74 Å². The van der Waals surface area contributed by atoms with Gasteiger partial charge in [-0.15, -0.1) is 0 Å². The lowest BCUT2D eigenvalue weighted by molar-refractivity contribution is 0.158. The maximum Gasteiger partial charge on any atom is 0.119 e. The van der Waals surface area contributed by atoms with E-state index >= 15 is 0 Å². The predicted molar refractivity (Wildman–Crippen MR) is 71.3 cm³/mol. The van der Waals surface area contributed by atoms with Gasteiger partial charge in [0.1, 0.15) is 11.9 Å². The molecule has 2 rings (SSSR count). The normalized spacial score (nSPS) is 27.0. The summed E-state index contributed by atoms with van der Waals surface area (Å²) in [5.41, 5.74) is 0. The second-order valence-electron chi connectivity index (χ2n) is 5.41. The Morgan fingerprint density at radius 3 is 2.35 bits per heavy atom. The van der Waals surface area contributed by atoms with Gasteiger partial charge in [-0.2, -0.15) is 0 Å². The van der Waals surface area contributed by atoms with Crippen molar-refractivity contribution in [3.63, 3.8) is 0 Å². The van der Waals surface area contributed by atoms with Crippen LogP contribution < -0.4 is 4.74 Å². The maximum atomic E-state index is 5.91. The largest absolute Gasteiger partial charge is 0.489 e. The van der Waals surface area contributed by atoms with Crippen LogP contribution >= 0.6 is 0 Å². The van der Waals surface area contributed by atoms with E-state index in [4.69, 9.17) is 4.74 Å². The molecule has 0 saturated carbocycles. The van der Waals surface area contributed by atoms with E-state index in [-0.39, 0.29) is 6.10 Å². The lowest BCUT2D eigenvalue weighted by atomic mass is 10.0. The standard InChI is InChI=1S/C15H23NO/c1-12-9-16(10-13(12)2)11-14(3)17-15-7-5-4-6-8-15/h4-8,12-14H,9-11H2,1-3H3/t12-,13+,14-/m1/s1. The third kappa shape index (κ3) is 3.47. The van der Waals surface area contributed by atoms with E-state index in [9.17, 15) is 0 Å². The van der Waals surface area contributed by atoms with Crippen LogP contribution in [0, 0.1) is 11.8 Å². The first kappa shape index (κ1) is 12.4. The van der Waals surface area contributed by atoms with E-state index in [1.807, 2.05) is 30.3 Å². The topological polar surface area (TPSA) is 12.5 Å². The van der Waals surface area contributed by atoms with Crippen molar-refractivity contribution < 1.29 is 4.74 Å². The zero-order chi connectivity index (χ0) is 12.3. The molecular weight excluding hydrogens is 210 g/mol. The maximum absolute atomic E-state index is 5.91. The Morgan fingerprint density at radius 1 is 1.18 bits per heavy atom. The molecule has 1 heterocycles. The highest BCUT2D eigenvalue weighted by atomic mass is 16.5. The van der Waals surface area contributed by atoms with Gasteiger partial charge in [0.15, 0.2) is 0 Å². The zero-order valence-electron chi connectivity index (χ0n) is 11.1. The van der Waals surface area contributed by atoms with Gasteiger partial charge in [0.2, 0.25) is 0 Å². The van der Waals surface area contributed by atoms with Gasteiger partial charge in [0, 0.05) is 19.6 Å². The first-order valence-electron chi connectivity index (χ1n) is 6.59. The van der Waals surface area contributed by atoms with E-state index in [1.54, 1.807) is 0 Å².